The van der Waals surface area contributed by atoms with E-state index in [1.807, 2.05) is 6.92 Å². The molecule has 1 saturated heterocycles. The summed E-state index contributed by atoms with van der Waals surface area (Å²) in [6, 6.07) is 6.53. The lowest BCUT2D eigenvalue weighted by Gasteiger charge is -2.26. The van der Waals surface area contributed by atoms with Crippen LogP contribution in [0.1, 0.15) is 25.3 Å². The highest BCUT2D eigenvalue weighted by molar-refractivity contribution is 5.83. The number of carbonyl (C=O) groups excluding carboxylic acids is 1. The Labute approximate surface area is 159 Å². The Morgan fingerprint density at radius 2 is 2.14 bits per heavy atom. The van der Waals surface area contributed by atoms with Crippen LogP contribution in [-0.4, -0.2) is 47.8 Å². The molecule has 1 atom stereocenters. The van der Waals surface area contributed by atoms with Crippen molar-refractivity contribution in [3.63, 3.8) is 0 Å². The van der Waals surface area contributed by atoms with Gasteiger partial charge in [0.25, 0.3) is 5.56 Å². The Balaban J connectivity index is 1.91. The first kappa shape index (κ1) is 20.2. The minimum Gasteiger partial charge on any atom is -0.494 e. The van der Waals surface area contributed by atoms with Crippen LogP contribution in [0, 0.1) is 0 Å². The standard InChI is InChI=1S/C19H21F3N2O4/c1-2-27-14-5-6-16-12(9-14)8-13(17(25)23-16)10-24(18(26)19(20,21)22)11-15-4-3-7-28-15/h5-6,8-9,15H,2-4,7,10-11H2,1H3,(H,23,25)/t15-/m1/s1. The minimum atomic E-state index is -5.02. The van der Waals surface area contributed by atoms with Gasteiger partial charge in [-0.2, -0.15) is 13.2 Å². The van der Waals surface area contributed by atoms with Crippen LogP contribution in [0.5, 0.6) is 5.75 Å². The van der Waals surface area contributed by atoms with E-state index in [9.17, 15) is 22.8 Å². The van der Waals surface area contributed by atoms with E-state index < -0.39 is 30.3 Å². The number of carbonyl (C=O) groups is 1. The van der Waals surface area contributed by atoms with E-state index in [0.29, 0.717) is 41.2 Å². The average Bonchev–Trinajstić information content (AvgIpc) is 3.14. The summed E-state index contributed by atoms with van der Waals surface area (Å²) in [5.41, 5.74) is 0.0609. The number of nitrogens with zero attached hydrogens (tertiary/aromatic N) is 1. The van der Waals surface area contributed by atoms with Gasteiger partial charge >= 0.3 is 12.1 Å². The molecule has 1 amide bonds. The van der Waals surface area contributed by atoms with Crippen LogP contribution in [0.25, 0.3) is 10.9 Å². The third kappa shape index (κ3) is 4.64. The molecule has 1 aromatic heterocycles. The van der Waals surface area contributed by atoms with Gasteiger partial charge in [-0.15, -0.1) is 0 Å². The summed E-state index contributed by atoms with van der Waals surface area (Å²) in [6.45, 7) is 2.07. The van der Waals surface area contributed by atoms with Crippen molar-refractivity contribution in [1.29, 1.82) is 0 Å². The number of aromatic nitrogens is 1. The number of amides is 1. The number of pyridine rings is 1. The number of fused-ring (bicyclic) bond motifs is 1. The second-order valence-electron chi connectivity index (χ2n) is 6.62. The summed E-state index contributed by atoms with van der Waals surface area (Å²) >= 11 is 0. The van der Waals surface area contributed by atoms with Gasteiger partial charge in [0, 0.05) is 29.6 Å². The van der Waals surface area contributed by atoms with E-state index in [4.69, 9.17) is 9.47 Å². The zero-order valence-corrected chi connectivity index (χ0v) is 15.3. The highest BCUT2D eigenvalue weighted by Crippen LogP contribution is 2.24. The molecule has 0 spiro atoms. The number of hydrogen-bond acceptors (Lipinski definition) is 4. The lowest BCUT2D eigenvalue weighted by molar-refractivity contribution is -0.187. The molecule has 1 N–H and O–H groups in total. The van der Waals surface area contributed by atoms with Gasteiger partial charge in [-0.25, -0.2) is 0 Å². The Morgan fingerprint density at radius 3 is 2.79 bits per heavy atom. The van der Waals surface area contributed by atoms with E-state index in [-0.39, 0.29) is 12.1 Å². The summed E-state index contributed by atoms with van der Waals surface area (Å²) in [6.07, 6.45) is -4.18. The maximum Gasteiger partial charge on any atom is 0.471 e. The molecule has 0 bridgehead atoms. The molecule has 2 aromatic rings. The summed E-state index contributed by atoms with van der Waals surface area (Å²) in [5, 5.41) is 0.608. The molecule has 6 nitrogen and oxygen atoms in total. The van der Waals surface area contributed by atoms with Gasteiger partial charge in [-0.3, -0.25) is 9.59 Å². The Kier molecular flexibility index (Phi) is 5.93. The number of aromatic amines is 1. The number of H-pyrrole nitrogens is 1. The zero-order chi connectivity index (χ0) is 20.3. The van der Waals surface area contributed by atoms with Crippen molar-refractivity contribution in [2.45, 2.75) is 38.6 Å². The first-order valence-corrected chi connectivity index (χ1v) is 9.04. The van der Waals surface area contributed by atoms with Gasteiger partial charge in [-0.1, -0.05) is 0 Å². The molecule has 2 heterocycles. The van der Waals surface area contributed by atoms with E-state index in [1.165, 1.54) is 6.07 Å². The van der Waals surface area contributed by atoms with Crippen molar-refractivity contribution in [3.05, 3.63) is 40.2 Å². The van der Waals surface area contributed by atoms with Crippen molar-refractivity contribution < 1.29 is 27.4 Å². The van der Waals surface area contributed by atoms with Gasteiger partial charge in [0.15, 0.2) is 0 Å². The number of alkyl halides is 3. The first-order valence-electron chi connectivity index (χ1n) is 9.04. The predicted molar refractivity (Wildman–Crippen MR) is 96.2 cm³/mol. The molecule has 1 aliphatic rings. The van der Waals surface area contributed by atoms with Crippen LogP contribution in [0.3, 0.4) is 0 Å². The van der Waals surface area contributed by atoms with Crippen LogP contribution in [0.2, 0.25) is 0 Å². The lowest BCUT2D eigenvalue weighted by Crippen LogP contribution is -2.45. The van der Waals surface area contributed by atoms with Crippen molar-refractivity contribution in [1.82, 2.24) is 9.88 Å². The fourth-order valence-corrected chi connectivity index (χ4v) is 3.24. The van der Waals surface area contributed by atoms with E-state index in [1.54, 1.807) is 18.2 Å². The smallest absolute Gasteiger partial charge is 0.471 e. The van der Waals surface area contributed by atoms with Gasteiger partial charge in [0.05, 0.1) is 19.3 Å². The SMILES string of the molecule is CCOc1ccc2[nH]c(=O)c(CN(C[C@H]3CCCO3)C(=O)C(F)(F)F)cc2c1. The topological polar surface area (TPSA) is 71.6 Å². The van der Waals surface area contributed by atoms with Crippen molar-refractivity contribution >= 4 is 16.8 Å². The molecular weight excluding hydrogens is 377 g/mol. The Hall–Kier alpha value is -2.55. The second kappa shape index (κ2) is 8.22. The third-order valence-electron chi connectivity index (χ3n) is 4.54. The Morgan fingerprint density at radius 1 is 1.36 bits per heavy atom. The summed E-state index contributed by atoms with van der Waals surface area (Å²) in [4.78, 5) is 27.5. The highest BCUT2D eigenvalue weighted by atomic mass is 19.4. The van der Waals surface area contributed by atoms with Crippen molar-refractivity contribution in [2.75, 3.05) is 19.8 Å². The highest BCUT2D eigenvalue weighted by Gasteiger charge is 2.43. The Bertz CT molecular complexity index is 904. The van der Waals surface area contributed by atoms with E-state index in [0.717, 1.165) is 6.42 Å². The molecule has 0 unspecified atom stereocenters. The number of rotatable bonds is 6. The molecular formula is C19H21F3N2O4. The molecule has 9 heteroatoms. The third-order valence-corrected chi connectivity index (χ3v) is 4.54. The molecule has 1 aliphatic heterocycles. The quantitative estimate of drug-likeness (QED) is 0.812. The van der Waals surface area contributed by atoms with Gasteiger partial charge < -0.3 is 19.4 Å². The average molecular weight is 398 g/mol. The second-order valence-corrected chi connectivity index (χ2v) is 6.62. The van der Waals surface area contributed by atoms with Crippen LogP contribution in [0.15, 0.2) is 29.1 Å². The molecule has 3 rings (SSSR count). The van der Waals surface area contributed by atoms with Crippen molar-refractivity contribution in [2.24, 2.45) is 0 Å². The molecule has 1 fully saturated rings. The summed E-state index contributed by atoms with van der Waals surface area (Å²) < 4.78 is 49.9. The maximum atomic E-state index is 13.0. The number of benzene rings is 1. The fraction of sp³-hybridized carbons (Fsp3) is 0.474. The fourth-order valence-electron chi connectivity index (χ4n) is 3.24. The van der Waals surface area contributed by atoms with Crippen LogP contribution in [0.4, 0.5) is 13.2 Å². The molecule has 152 valence electrons. The van der Waals surface area contributed by atoms with Crippen molar-refractivity contribution in [3.8, 4) is 5.75 Å². The van der Waals surface area contributed by atoms with Crippen LogP contribution >= 0.6 is 0 Å². The number of hydrogen-bond donors (Lipinski definition) is 1. The monoisotopic (exact) mass is 398 g/mol. The zero-order valence-electron chi connectivity index (χ0n) is 15.3. The lowest BCUT2D eigenvalue weighted by atomic mass is 10.1. The van der Waals surface area contributed by atoms with Crippen LogP contribution < -0.4 is 10.3 Å². The molecule has 0 aliphatic carbocycles. The minimum absolute atomic E-state index is 0.0664. The summed E-state index contributed by atoms with van der Waals surface area (Å²) in [5.74, 6) is -1.40. The van der Waals surface area contributed by atoms with E-state index in [2.05, 4.69) is 4.98 Å². The normalized spacial score (nSPS) is 17.1. The van der Waals surface area contributed by atoms with Crippen LogP contribution in [-0.2, 0) is 16.1 Å². The van der Waals surface area contributed by atoms with Gasteiger partial charge in [0.1, 0.15) is 5.75 Å². The largest absolute Gasteiger partial charge is 0.494 e. The van der Waals surface area contributed by atoms with Gasteiger partial charge in [-0.05, 0) is 44.0 Å². The molecule has 0 radical (unpaired) electrons. The maximum absolute atomic E-state index is 13.0. The number of halogens is 3. The predicted octanol–water partition coefficient (Wildman–Crippen LogP) is 3.00. The molecule has 28 heavy (non-hydrogen) atoms. The van der Waals surface area contributed by atoms with Gasteiger partial charge in [0.2, 0.25) is 0 Å². The molecule has 1 aromatic carbocycles. The summed E-state index contributed by atoms with van der Waals surface area (Å²) in [7, 11) is 0. The van der Waals surface area contributed by atoms with E-state index >= 15 is 0 Å². The first-order chi connectivity index (χ1) is 13.3. The molecule has 0 saturated carbocycles. The number of nitrogens with one attached hydrogen (secondary N) is 1. The number of ether oxygens (including phenoxy) is 2.